The third-order valence-corrected chi connectivity index (χ3v) is 9.49. The normalized spacial score (nSPS) is 11.4. The molecule has 18 nitrogen and oxygen atoms in total. The van der Waals surface area contributed by atoms with Crippen LogP contribution in [-0.4, -0.2) is 65.5 Å². The predicted octanol–water partition coefficient (Wildman–Crippen LogP) is 4.63. The van der Waals surface area contributed by atoms with Crippen molar-refractivity contribution in [3.8, 4) is 57.2 Å². The minimum Gasteiger partial charge on any atom is -0.494 e. The summed E-state index contributed by atoms with van der Waals surface area (Å²) in [5, 5.41) is 13.2. The second-order valence-corrected chi connectivity index (χ2v) is 13.0. The molecular formula is C36H26Cl2N10O8. The van der Waals surface area contributed by atoms with Crippen molar-refractivity contribution in [2.24, 2.45) is 11.5 Å². The van der Waals surface area contributed by atoms with E-state index in [1.54, 1.807) is 48.5 Å². The van der Waals surface area contributed by atoms with Crippen LogP contribution >= 0.6 is 23.2 Å². The van der Waals surface area contributed by atoms with Crippen LogP contribution in [0.4, 0.5) is 0 Å². The molecule has 4 aromatic heterocycles. The lowest BCUT2D eigenvalue weighted by Gasteiger charge is -2.16. The van der Waals surface area contributed by atoms with Crippen molar-refractivity contribution >= 4 is 57.1 Å². The Morgan fingerprint density at radius 3 is 1.41 bits per heavy atom. The van der Waals surface area contributed by atoms with Gasteiger partial charge >= 0.3 is 11.5 Å². The molecular weight excluding hydrogens is 771 g/mol. The van der Waals surface area contributed by atoms with Gasteiger partial charge in [0.05, 0.1) is 47.5 Å². The lowest BCUT2D eigenvalue weighted by molar-refractivity contribution is 0.0989. The Labute approximate surface area is 322 Å². The van der Waals surface area contributed by atoms with Gasteiger partial charge in [-0.2, -0.15) is 0 Å². The Morgan fingerprint density at radius 1 is 0.661 bits per heavy atom. The summed E-state index contributed by atoms with van der Waals surface area (Å²) in [7, 11) is 2.80. The standard InChI is InChI=1S/C36H26Cl2N10O8/c1-53-27-19(29(39)49)7-9-23-25(27)41-31(17-5-3-15(37)13-21(17)33-43-45-35(51)55-33)47(23)11-12-48-24-10-8-20(30(40)50)28(54-2)26(24)42-32(48)18-6-4-16(38)14-22(18)34-44-46-36(52)56-34/h3-10,13-14H,11-12H2,1-2H3,(H2,39,49)(H2,40,50)(H,45,51)(H,46,52). The summed E-state index contributed by atoms with van der Waals surface area (Å²) < 4.78 is 25.7. The van der Waals surface area contributed by atoms with Gasteiger partial charge in [-0.3, -0.25) is 9.59 Å². The van der Waals surface area contributed by atoms with E-state index in [1.807, 2.05) is 9.13 Å². The van der Waals surface area contributed by atoms with E-state index in [9.17, 15) is 19.2 Å². The summed E-state index contributed by atoms with van der Waals surface area (Å²) in [4.78, 5) is 58.9. The number of rotatable bonds is 11. The van der Waals surface area contributed by atoms with Gasteiger partial charge in [-0.15, -0.1) is 10.2 Å². The number of hydrogen-bond acceptors (Lipinski definition) is 12. The number of fused-ring (bicyclic) bond motifs is 2. The Kier molecular flexibility index (Phi) is 8.90. The summed E-state index contributed by atoms with van der Waals surface area (Å²) in [5.74, 6) is -2.13. The fourth-order valence-corrected chi connectivity index (χ4v) is 7.01. The van der Waals surface area contributed by atoms with Crippen LogP contribution in [0.15, 0.2) is 79.1 Å². The fraction of sp³-hybridized carbons (Fsp3) is 0.111. The number of aryl methyl sites for hydroxylation is 2. The molecule has 0 atom stereocenters. The van der Waals surface area contributed by atoms with Crippen LogP contribution in [-0.2, 0) is 13.1 Å². The molecule has 282 valence electrons. The topological polar surface area (TPSA) is 258 Å². The van der Waals surface area contributed by atoms with Crippen molar-refractivity contribution in [3.05, 3.63) is 103 Å². The third kappa shape index (κ3) is 6.02. The molecule has 20 heteroatoms. The first-order valence-corrected chi connectivity index (χ1v) is 17.2. The quantitative estimate of drug-likeness (QED) is 0.140. The monoisotopic (exact) mass is 796 g/mol. The van der Waals surface area contributed by atoms with Crippen LogP contribution in [0.2, 0.25) is 10.0 Å². The molecule has 6 N–H and O–H groups in total. The van der Waals surface area contributed by atoms with Crippen LogP contribution in [0.3, 0.4) is 0 Å². The first-order chi connectivity index (χ1) is 27.0. The smallest absolute Gasteiger partial charge is 0.434 e. The molecule has 0 bridgehead atoms. The summed E-state index contributed by atoms with van der Waals surface area (Å²) in [6.07, 6.45) is 0. The average Bonchev–Trinajstić information content (AvgIpc) is 3.98. The van der Waals surface area contributed by atoms with Crippen LogP contribution in [0.1, 0.15) is 20.7 Å². The van der Waals surface area contributed by atoms with Crippen molar-refractivity contribution in [2.45, 2.75) is 13.1 Å². The molecule has 0 aliphatic carbocycles. The largest absolute Gasteiger partial charge is 0.494 e. The van der Waals surface area contributed by atoms with Gasteiger partial charge in [0.1, 0.15) is 22.7 Å². The van der Waals surface area contributed by atoms with E-state index < -0.39 is 23.3 Å². The van der Waals surface area contributed by atoms with E-state index in [0.717, 1.165) is 0 Å². The molecule has 4 heterocycles. The van der Waals surface area contributed by atoms with Gasteiger partial charge in [-0.1, -0.05) is 23.2 Å². The van der Waals surface area contributed by atoms with Crippen molar-refractivity contribution < 1.29 is 27.9 Å². The summed E-state index contributed by atoms with van der Waals surface area (Å²) in [5.41, 5.74) is 14.9. The van der Waals surface area contributed by atoms with Gasteiger partial charge in [0.25, 0.3) is 11.8 Å². The van der Waals surface area contributed by atoms with Gasteiger partial charge < -0.3 is 38.9 Å². The Hall–Kier alpha value is -7.18. The number of carbonyl (C=O) groups excluding carboxylic acids is 2. The molecule has 2 amide bonds. The van der Waals surface area contributed by atoms with E-state index >= 15 is 0 Å². The number of imidazole rings is 2. The minimum absolute atomic E-state index is 0.0450. The molecule has 0 saturated carbocycles. The van der Waals surface area contributed by atoms with Crippen molar-refractivity contribution in [1.29, 1.82) is 0 Å². The molecule has 0 radical (unpaired) electrons. The molecule has 4 aromatic carbocycles. The van der Waals surface area contributed by atoms with Gasteiger partial charge in [-0.05, 0) is 60.7 Å². The first kappa shape index (κ1) is 35.8. The molecule has 0 unspecified atom stereocenters. The molecule has 8 rings (SSSR count). The number of H-pyrrole nitrogens is 2. The van der Waals surface area contributed by atoms with Crippen LogP contribution < -0.4 is 32.5 Å². The number of benzene rings is 4. The van der Waals surface area contributed by atoms with Crippen molar-refractivity contribution in [3.63, 3.8) is 0 Å². The molecule has 56 heavy (non-hydrogen) atoms. The van der Waals surface area contributed by atoms with Crippen molar-refractivity contribution in [2.75, 3.05) is 14.2 Å². The van der Waals surface area contributed by atoms with E-state index in [0.29, 0.717) is 66.0 Å². The zero-order chi connectivity index (χ0) is 39.4. The number of nitrogens with one attached hydrogen (secondary N) is 2. The SMILES string of the molecule is COc1c(C(N)=O)ccc2c1nc(-c1ccc(Cl)cc1-c1n[nH]c(=O)o1)n2CCn1c(-c2ccc(Cl)cc2-c2n[nH]c(=O)o2)nc2c(OC)c(C(N)=O)ccc21. The number of nitrogens with zero attached hydrogens (tertiary/aromatic N) is 6. The number of nitrogens with two attached hydrogens (primary N) is 2. The third-order valence-electron chi connectivity index (χ3n) is 9.02. The van der Waals surface area contributed by atoms with Gasteiger partial charge in [0.2, 0.25) is 11.8 Å². The molecule has 0 spiro atoms. The Bertz CT molecular complexity index is 2810. The zero-order valence-electron chi connectivity index (χ0n) is 29.0. The summed E-state index contributed by atoms with van der Waals surface area (Å²) in [6.45, 7) is 0.326. The minimum atomic E-state index is -0.780. The van der Waals surface area contributed by atoms with Gasteiger partial charge in [0.15, 0.2) is 11.5 Å². The Morgan fingerprint density at radius 2 is 1.07 bits per heavy atom. The highest BCUT2D eigenvalue weighted by Crippen LogP contribution is 2.40. The Balaban J connectivity index is 1.38. The van der Waals surface area contributed by atoms with Gasteiger partial charge in [-0.25, -0.2) is 29.8 Å². The molecule has 0 fully saturated rings. The van der Waals surface area contributed by atoms with Crippen LogP contribution in [0, 0.1) is 0 Å². The first-order valence-electron chi connectivity index (χ1n) is 16.4. The second-order valence-electron chi connectivity index (χ2n) is 12.1. The molecule has 0 aliphatic rings. The highest BCUT2D eigenvalue weighted by atomic mass is 35.5. The number of primary amides is 2. The molecule has 0 saturated heterocycles. The number of methoxy groups -OCH3 is 2. The number of hydrogen-bond donors (Lipinski definition) is 4. The summed E-state index contributed by atoms with van der Waals surface area (Å²) in [6, 6.07) is 16.3. The number of amides is 2. The zero-order valence-corrected chi connectivity index (χ0v) is 30.6. The summed E-state index contributed by atoms with van der Waals surface area (Å²) >= 11 is 12.8. The predicted molar refractivity (Wildman–Crippen MR) is 203 cm³/mol. The highest BCUT2D eigenvalue weighted by Gasteiger charge is 2.27. The van der Waals surface area contributed by atoms with Crippen LogP contribution in [0.25, 0.3) is 67.8 Å². The number of halogens is 2. The van der Waals surface area contributed by atoms with Gasteiger partial charge in [0, 0.05) is 34.3 Å². The number of aromatic nitrogens is 8. The van der Waals surface area contributed by atoms with E-state index in [1.165, 1.54) is 26.4 Å². The molecule has 0 aliphatic heterocycles. The number of ether oxygens (including phenoxy) is 2. The maximum absolute atomic E-state index is 12.5. The van der Waals surface area contributed by atoms with E-state index in [4.69, 9.17) is 62.9 Å². The molecule has 8 aromatic rings. The number of aromatic amines is 2. The second kappa shape index (κ2) is 13.9. The van der Waals surface area contributed by atoms with E-state index in [2.05, 4.69) is 20.4 Å². The number of carbonyl (C=O) groups is 2. The average molecular weight is 798 g/mol. The maximum Gasteiger partial charge on any atom is 0.434 e. The fourth-order valence-electron chi connectivity index (χ4n) is 6.67. The highest BCUT2D eigenvalue weighted by molar-refractivity contribution is 6.31. The van der Waals surface area contributed by atoms with Crippen LogP contribution in [0.5, 0.6) is 11.5 Å². The lowest BCUT2D eigenvalue weighted by Crippen LogP contribution is -2.13. The maximum atomic E-state index is 12.5. The lowest BCUT2D eigenvalue weighted by atomic mass is 10.1. The van der Waals surface area contributed by atoms with Crippen molar-refractivity contribution in [1.82, 2.24) is 39.5 Å². The van der Waals surface area contributed by atoms with E-state index in [-0.39, 0.29) is 47.5 Å².